The van der Waals surface area contributed by atoms with Crippen LogP contribution in [0.25, 0.3) is 0 Å². The summed E-state index contributed by atoms with van der Waals surface area (Å²) < 4.78 is 18.8. The molecule has 3 rings (SSSR count). The van der Waals surface area contributed by atoms with Crippen molar-refractivity contribution in [3.8, 4) is 0 Å². The lowest BCUT2D eigenvalue weighted by molar-refractivity contribution is -0.137. The SMILES string of the molecule is COCCN1CC(C(=O)N2CCN(C(=O)c3ccccc3F)CC2)CC1=O. The molecule has 1 unspecified atom stereocenters. The van der Waals surface area contributed by atoms with Crippen LogP contribution in [0.15, 0.2) is 24.3 Å². The summed E-state index contributed by atoms with van der Waals surface area (Å²) in [5.74, 6) is -1.33. The number of rotatable bonds is 5. The van der Waals surface area contributed by atoms with Crippen LogP contribution in [0.4, 0.5) is 4.39 Å². The van der Waals surface area contributed by atoms with Crippen LogP contribution in [0, 0.1) is 11.7 Å². The van der Waals surface area contributed by atoms with E-state index in [1.54, 1.807) is 33.9 Å². The summed E-state index contributed by atoms with van der Waals surface area (Å²) in [5, 5.41) is 0. The second-order valence-corrected chi connectivity index (χ2v) is 6.83. The van der Waals surface area contributed by atoms with Crippen molar-refractivity contribution in [2.24, 2.45) is 5.92 Å². The van der Waals surface area contributed by atoms with E-state index in [1.165, 1.54) is 12.1 Å². The molecule has 1 aromatic rings. The summed E-state index contributed by atoms with van der Waals surface area (Å²) in [5.41, 5.74) is 0.0486. The molecule has 1 aromatic carbocycles. The van der Waals surface area contributed by atoms with Crippen LogP contribution in [0.5, 0.6) is 0 Å². The molecule has 2 heterocycles. The molecule has 0 aliphatic carbocycles. The molecule has 2 aliphatic rings. The highest BCUT2D eigenvalue weighted by Gasteiger charge is 2.37. The standard InChI is InChI=1S/C19H24FN3O4/c1-27-11-10-23-13-14(12-17(23)24)18(25)21-6-8-22(9-7-21)19(26)15-4-2-3-5-16(15)20/h2-5,14H,6-13H2,1H3. The molecule has 0 N–H and O–H groups in total. The zero-order chi connectivity index (χ0) is 19.4. The molecule has 27 heavy (non-hydrogen) atoms. The van der Waals surface area contributed by atoms with E-state index in [9.17, 15) is 18.8 Å². The average molecular weight is 377 g/mol. The van der Waals surface area contributed by atoms with Crippen LogP contribution in [-0.2, 0) is 14.3 Å². The molecule has 1 atom stereocenters. The average Bonchev–Trinajstić information content (AvgIpc) is 3.06. The van der Waals surface area contributed by atoms with Gasteiger partial charge in [-0.1, -0.05) is 12.1 Å². The summed E-state index contributed by atoms with van der Waals surface area (Å²) in [6.45, 7) is 2.84. The summed E-state index contributed by atoms with van der Waals surface area (Å²) >= 11 is 0. The number of carbonyl (C=O) groups excluding carboxylic acids is 3. The first-order valence-corrected chi connectivity index (χ1v) is 9.10. The number of ether oxygens (including phenoxy) is 1. The Morgan fingerprint density at radius 3 is 2.48 bits per heavy atom. The van der Waals surface area contributed by atoms with Crippen molar-refractivity contribution in [2.45, 2.75) is 6.42 Å². The Bertz CT molecular complexity index is 719. The monoisotopic (exact) mass is 377 g/mol. The molecule has 0 spiro atoms. The highest BCUT2D eigenvalue weighted by atomic mass is 19.1. The Morgan fingerprint density at radius 2 is 1.81 bits per heavy atom. The first kappa shape index (κ1) is 19.3. The van der Waals surface area contributed by atoms with E-state index < -0.39 is 5.82 Å². The van der Waals surface area contributed by atoms with Gasteiger partial charge in [0.25, 0.3) is 5.91 Å². The van der Waals surface area contributed by atoms with Crippen LogP contribution in [0.1, 0.15) is 16.8 Å². The van der Waals surface area contributed by atoms with Crippen molar-refractivity contribution in [2.75, 3.05) is 53.0 Å². The van der Waals surface area contributed by atoms with E-state index in [1.807, 2.05) is 0 Å². The number of hydrogen-bond donors (Lipinski definition) is 0. The molecule has 2 aliphatic heterocycles. The van der Waals surface area contributed by atoms with Crippen molar-refractivity contribution >= 4 is 17.7 Å². The number of likely N-dealkylation sites (tertiary alicyclic amines) is 1. The predicted octanol–water partition coefficient (Wildman–Crippen LogP) is 0.605. The van der Waals surface area contributed by atoms with Gasteiger partial charge in [-0.25, -0.2) is 4.39 Å². The number of benzene rings is 1. The van der Waals surface area contributed by atoms with Gasteiger partial charge in [-0.05, 0) is 12.1 Å². The maximum absolute atomic E-state index is 13.8. The van der Waals surface area contributed by atoms with Crippen LogP contribution in [0.2, 0.25) is 0 Å². The molecule has 7 nitrogen and oxygen atoms in total. The van der Waals surface area contributed by atoms with Gasteiger partial charge in [0.2, 0.25) is 11.8 Å². The van der Waals surface area contributed by atoms with Gasteiger partial charge < -0.3 is 19.4 Å². The van der Waals surface area contributed by atoms with Gasteiger partial charge in [-0.3, -0.25) is 14.4 Å². The number of amides is 3. The Kier molecular flexibility index (Phi) is 6.05. The van der Waals surface area contributed by atoms with E-state index in [2.05, 4.69) is 0 Å². The molecule has 8 heteroatoms. The zero-order valence-corrected chi connectivity index (χ0v) is 15.4. The van der Waals surface area contributed by atoms with Crippen molar-refractivity contribution in [3.05, 3.63) is 35.6 Å². The molecule has 146 valence electrons. The highest BCUT2D eigenvalue weighted by Crippen LogP contribution is 2.21. The number of piperazine rings is 1. The van der Waals surface area contributed by atoms with E-state index >= 15 is 0 Å². The Morgan fingerprint density at radius 1 is 1.15 bits per heavy atom. The minimum atomic E-state index is -0.540. The van der Waals surface area contributed by atoms with Crippen LogP contribution >= 0.6 is 0 Å². The van der Waals surface area contributed by atoms with E-state index in [-0.39, 0.29) is 35.6 Å². The zero-order valence-electron chi connectivity index (χ0n) is 15.4. The maximum atomic E-state index is 13.8. The molecule has 2 saturated heterocycles. The third kappa shape index (κ3) is 4.27. The lowest BCUT2D eigenvalue weighted by atomic mass is 10.1. The normalized spacial score (nSPS) is 20.3. The molecule has 0 saturated carbocycles. The number of nitrogens with zero attached hydrogens (tertiary/aromatic N) is 3. The summed E-state index contributed by atoms with van der Waals surface area (Å²) in [6, 6.07) is 5.90. The fourth-order valence-electron chi connectivity index (χ4n) is 3.55. The van der Waals surface area contributed by atoms with Crippen molar-refractivity contribution in [3.63, 3.8) is 0 Å². The van der Waals surface area contributed by atoms with Crippen LogP contribution in [0.3, 0.4) is 0 Å². The topological polar surface area (TPSA) is 70.2 Å². The Hall–Kier alpha value is -2.48. The third-order valence-electron chi connectivity index (χ3n) is 5.11. The van der Waals surface area contributed by atoms with Gasteiger partial charge in [-0.15, -0.1) is 0 Å². The summed E-state index contributed by atoms with van der Waals surface area (Å²) in [7, 11) is 1.57. The van der Waals surface area contributed by atoms with Gasteiger partial charge in [0.05, 0.1) is 18.1 Å². The largest absolute Gasteiger partial charge is 0.383 e. The fraction of sp³-hybridized carbons (Fsp3) is 0.526. The number of methoxy groups -OCH3 is 1. The first-order chi connectivity index (χ1) is 13.0. The van der Waals surface area contributed by atoms with Gasteiger partial charge in [0.15, 0.2) is 0 Å². The van der Waals surface area contributed by atoms with Crippen LogP contribution < -0.4 is 0 Å². The first-order valence-electron chi connectivity index (χ1n) is 9.10. The second kappa shape index (κ2) is 8.47. The van der Waals surface area contributed by atoms with E-state index in [0.29, 0.717) is 45.9 Å². The van der Waals surface area contributed by atoms with Crippen molar-refractivity contribution in [1.82, 2.24) is 14.7 Å². The Balaban J connectivity index is 1.53. The molecule has 0 radical (unpaired) electrons. The number of halogens is 1. The lowest BCUT2D eigenvalue weighted by Gasteiger charge is -2.36. The van der Waals surface area contributed by atoms with E-state index in [0.717, 1.165) is 0 Å². The second-order valence-electron chi connectivity index (χ2n) is 6.83. The van der Waals surface area contributed by atoms with Gasteiger partial charge in [0, 0.05) is 52.8 Å². The molecular weight excluding hydrogens is 353 g/mol. The number of carbonyl (C=O) groups is 3. The number of hydrogen-bond acceptors (Lipinski definition) is 4. The van der Waals surface area contributed by atoms with Gasteiger partial charge in [0.1, 0.15) is 5.82 Å². The quantitative estimate of drug-likeness (QED) is 0.754. The third-order valence-corrected chi connectivity index (χ3v) is 5.11. The minimum absolute atomic E-state index is 0.0289. The summed E-state index contributed by atoms with van der Waals surface area (Å²) in [4.78, 5) is 42.1. The molecule has 0 aromatic heterocycles. The fourth-order valence-corrected chi connectivity index (χ4v) is 3.55. The molecule has 0 bridgehead atoms. The molecule has 2 fully saturated rings. The highest BCUT2D eigenvalue weighted by molar-refractivity contribution is 5.95. The summed E-state index contributed by atoms with van der Waals surface area (Å²) in [6.07, 6.45) is 0.219. The molecule has 3 amide bonds. The van der Waals surface area contributed by atoms with Gasteiger partial charge in [-0.2, -0.15) is 0 Å². The Labute approximate surface area is 157 Å². The van der Waals surface area contributed by atoms with Crippen LogP contribution in [-0.4, -0.2) is 85.4 Å². The maximum Gasteiger partial charge on any atom is 0.256 e. The smallest absolute Gasteiger partial charge is 0.256 e. The van der Waals surface area contributed by atoms with Gasteiger partial charge >= 0.3 is 0 Å². The lowest BCUT2D eigenvalue weighted by Crippen LogP contribution is -2.52. The van der Waals surface area contributed by atoms with Crippen molar-refractivity contribution < 1.29 is 23.5 Å². The van der Waals surface area contributed by atoms with E-state index in [4.69, 9.17) is 4.74 Å². The minimum Gasteiger partial charge on any atom is -0.383 e. The molecular formula is C19H24FN3O4. The predicted molar refractivity (Wildman–Crippen MR) is 95.4 cm³/mol. The van der Waals surface area contributed by atoms with Crippen molar-refractivity contribution in [1.29, 1.82) is 0 Å².